The fraction of sp³-hybridized carbons (Fsp3) is 0.452. The van der Waals surface area contributed by atoms with Gasteiger partial charge < -0.3 is 14.2 Å². The van der Waals surface area contributed by atoms with Crippen LogP contribution in [0.3, 0.4) is 0 Å². The molecule has 3 aromatic rings. The number of rotatable bonds is 10. The molecule has 0 atom stereocenters. The standard InChI is InChI=1S/C31H37N5O2/c1-35(2)21-28-30(37-22-25-8-10-26(18-32)33-19-25)13-11-27-29(34-38-31(27)28)12-9-23-14-16-36(17-15-23)20-24-6-4-3-5-7-24/h4,6-8,10-11,13,19,23H,3,5,9,12,14-17,20-22H2,1-2H3. The molecule has 2 aliphatic rings. The molecule has 7 nitrogen and oxygen atoms in total. The Kier molecular flexibility index (Phi) is 8.52. The first-order valence-electron chi connectivity index (χ1n) is 13.7. The maximum absolute atomic E-state index is 8.97. The molecule has 1 saturated heterocycles. The Balaban J connectivity index is 1.21. The van der Waals surface area contributed by atoms with Crippen molar-refractivity contribution in [2.75, 3.05) is 33.7 Å². The second kappa shape index (κ2) is 12.4. The van der Waals surface area contributed by atoms with E-state index in [-0.39, 0.29) is 0 Å². The second-order valence-electron chi connectivity index (χ2n) is 10.8. The number of nitriles is 1. The Morgan fingerprint density at radius 2 is 2.03 bits per heavy atom. The van der Waals surface area contributed by atoms with Gasteiger partial charge in [-0.1, -0.05) is 29.5 Å². The van der Waals surface area contributed by atoms with Crippen LogP contribution < -0.4 is 4.74 Å². The highest BCUT2D eigenvalue weighted by molar-refractivity contribution is 5.84. The summed E-state index contributed by atoms with van der Waals surface area (Å²) in [6.45, 7) is 4.52. The second-order valence-corrected chi connectivity index (χ2v) is 10.8. The Hall–Kier alpha value is -3.47. The van der Waals surface area contributed by atoms with E-state index < -0.39 is 0 Å². The van der Waals surface area contributed by atoms with Gasteiger partial charge in [-0.15, -0.1) is 0 Å². The molecule has 0 saturated carbocycles. The van der Waals surface area contributed by atoms with Gasteiger partial charge in [-0.2, -0.15) is 5.26 Å². The molecule has 0 radical (unpaired) electrons. The summed E-state index contributed by atoms with van der Waals surface area (Å²) in [7, 11) is 4.08. The number of fused-ring (bicyclic) bond motifs is 1. The molecule has 7 heteroatoms. The highest BCUT2D eigenvalue weighted by Crippen LogP contribution is 2.33. The molecule has 0 spiro atoms. The van der Waals surface area contributed by atoms with Gasteiger partial charge in [-0.25, -0.2) is 4.98 Å². The lowest BCUT2D eigenvalue weighted by atomic mass is 9.90. The third-order valence-electron chi connectivity index (χ3n) is 7.56. The first kappa shape index (κ1) is 26.1. The van der Waals surface area contributed by atoms with Crippen LogP contribution >= 0.6 is 0 Å². The van der Waals surface area contributed by atoms with Crippen molar-refractivity contribution in [3.63, 3.8) is 0 Å². The van der Waals surface area contributed by atoms with E-state index in [1.807, 2.05) is 32.3 Å². The molecule has 1 aliphatic carbocycles. The van der Waals surface area contributed by atoms with Gasteiger partial charge in [-0.05, 0) is 95.4 Å². The van der Waals surface area contributed by atoms with E-state index in [0.717, 1.165) is 58.8 Å². The fourth-order valence-corrected chi connectivity index (χ4v) is 5.43. The lowest BCUT2D eigenvalue weighted by molar-refractivity contribution is 0.192. The molecular formula is C31H37N5O2. The van der Waals surface area contributed by atoms with E-state index in [0.29, 0.717) is 18.8 Å². The molecular weight excluding hydrogens is 474 g/mol. The van der Waals surface area contributed by atoms with Gasteiger partial charge in [0.05, 0.1) is 11.3 Å². The van der Waals surface area contributed by atoms with Crippen molar-refractivity contribution in [3.05, 3.63) is 76.8 Å². The summed E-state index contributed by atoms with van der Waals surface area (Å²) >= 11 is 0. The topological polar surface area (TPSA) is 78.4 Å². The minimum atomic E-state index is 0.373. The van der Waals surface area contributed by atoms with Gasteiger partial charge in [0.2, 0.25) is 0 Å². The van der Waals surface area contributed by atoms with Crippen LogP contribution in [-0.2, 0) is 19.6 Å². The average Bonchev–Trinajstić information content (AvgIpc) is 3.36. The third-order valence-corrected chi connectivity index (χ3v) is 7.56. The quantitative estimate of drug-likeness (QED) is 0.348. The SMILES string of the molecule is CN(C)Cc1c(OCc2ccc(C#N)nc2)ccc2c(CCC3CCN(CC4=CCCC=C4)CC3)noc12. The van der Waals surface area contributed by atoms with Gasteiger partial charge in [0.1, 0.15) is 24.1 Å². The van der Waals surface area contributed by atoms with Crippen molar-refractivity contribution < 1.29 is 9.26 Å². The third kappa shape index (κ3) is 6.50. The highest BCUT2D eigenvalue weighted by Gasteiger charge is 2.22. The molecule has 0 bridgehead atoms. The maximum atomic E-state index is 8.97. The number of aryl methyl sites for hydroxylation is 1. The molecule has 2 aromatic heterocycles. The number of ether oxygens (including phenoxy) is 1. The molecule has 3 heterocycles. The van der Waals surface area contributed by atoms with Crippen molar-refractivity contribution in [1.82, 2.24) is 19.9 Å². The number of aromatic nitrogens is 2. The lowest BCUT2D eigenvalue weighted by Crippen LogP contribution is -2.35. The Bertz CT molecular complexity index is 1320. The zero-order valence-corrected chi connectivity index (χ0v) is 22.5. The molecule has 5 rings (SSSR count). The average molecular weight is 512 g/mol. The van der Waals surface area contributed by atoms with Gasteiger partial charge >= 0.3 is 0 Å². The molecule has 0 N–H and O–H groups in total. The smallest absolute Gasteiger partial charge is 0.175 e. The predicted molar refractivity (Wildman–Crippen MR) is 149 cm³/mol. The van der Waals surface area contributed by atoms with Crippen LogP contribution in [0.4, 0.5) is 0 Å². The Morgan fingerprint density at radius 3 is 2.74 bits per heavy atom. The molecule has 0 unspecified atom stereocenters. The number of piperidine rings is 1. The van der Waals surface area contributed by atoms with Crippen molar-refractivity contribution in [2.24, 2.45) is 5.92 Å². The normalized spacial score (nSPS) is 16.6. The number of nitrogens with zero attached hydrogens (tertiary/aromatic N) is 5. The van der Waals surface area contributed by atoms with E-state index in [4.69, 9.17) is 14.5 Å². The van der Waals surface area contributed by atoms with Gasteiger partial charge in [-0.3, -0.25) is 4.90 Å². The van der Waals surface area contributed by atoms with Crippen molar-refractivity contribution >= 4 is 11.0 Å². The monoisotopic (exact) mass is 511 g/mol. The zero-order chi connectivity index (χ0) is 26.3. The molecule has 38 heavy (non-hydrogen) atoms. The molecule has 1 aromatic carbocycles. The first-order chi connectivity index (χ1) is 18.6. The molecule has 1 fully saturated rings. The summed E-state index contributed by atoms with van der Waals surface area (Å²) < 4.78 is 12.1. The van der Waals surface area contributed by atoms with Crippen LogP contribution in [0, 0.1) is 17.2 Å². The molecule has 1 aliphatic heterocycles. The van der Waals surface area contributed by atoms with E-state index in [1.165, 1.54) is 44.3 Å². The Morgan fingerprint density at radius 1 is 1.16 bits per heavy atom. The number of hydrogen-bond acceptors (Lipinski definition) is 7. The first-order valence-corrected chi connectivity index (χ1v) is 13.7. The number of pyridine rings is 1. The van der Waals surface area contributed by atoms with Crippen molar-refractivity contribution in [1.29, 1.82) is 5.26 Å². The largest absolute Gasteiger partial charge is 0.488 e. The van der Waals surface area contributed by atoms with Crippen LogP contribution in [0.5, 0.6) is 5.75 Å². The van der Waals surface area contributed by atoms with E-state index in [2.05, 4.69) is 44.2 Å². The van der Waals surface area contributed by atoms with Gasteiger partial charge in [0.25, 0.3) is 0 Å². The highest BCUT2D eigenvalue weighted by atomic mass is 16.5. The fourth-order valence-electron chi connectivity index (χ4n) is 5.43. The van der Waals surface area contributed by atoms with Crippen molar-refractivity contribution in [2.45, 2.75) is 51.7 Å². The van der Waals surface area contributed by atoms with Crippen LogP contribution in [0.25, 0.3) is 11.0 Å². The summed E-state index contributed by atoms with van der Waals surface area (Å²) in [5, 5.41) is 14.6. The minimum Gasteiger partial charge on any atom is -0.488 e. The predicted octanol–water partition coefficient (Wildman–Crippen LogP) is 5.66. The van der Waals surface area contributed by atoms with Crippen molar-refractivity contribution in [3.8, 4) is 11.8 Å². The van der Waals surface area contributed by atoms with Gasteiger partial charge in [0.15, 0.2) is 5.58 Å². The lowest BCUT2D eigenvalue weighted by Gasteiger charge is -2.32. The summed E-state index contributed by atoms with van der Waals surface area (Å²) in [4.78, 5) is 8.85. The minimum absolute atomic E-state index is 0.373. The number of allylic oxidation sites excluding steroid dienone is 2. The molecule has 0 amide bonds. The van der Waals surface area contributed by atoms with Crippen LogP contribution in [0.2, 0.25) is 0 Å². The van der Waals surface area contributed by atoms with Crippen LogP contribution in [-0.4, -0.2) is 53.7 Å². The number of hydrogen-bond donors (Lipinski definition) is 0. The summed E-state index contributed by atoms with van der Waals surface area (Å²) in [5.41, 5.74) is 5.66. The van der Waals surface area contributed by atoms with Crippen LogP contribution in [0.15, 0.2) is 58.8 Å². The van der Waals surface area contributed by atoms with E-state index in [1.54, 1.807) is 12.3 Å². The van der Waals surface area contributed by atoms with E-state index in [9.17, 15) is 0 Å². The summed E-state index contributed by atoms with van der Waals surface area (Å²) in [6.07, 6.45) is 15.6. The Labute approximate surface area is 225 Å². The summed E-state index contributed by atoms with van der Waals surface area (Å²) in [6, 6.07) is 9.74. The molecule has 198 valence electrons. The zero-order valence-electron chi connectivity index (χ0n) is 22.5. The van der Waals surface area contributed by atoms with Gasteiger partial charge in [0, 0.05) is 30.2 Å². The number of benzene rings is 1. The maximum Gasteiger partial charge on any atom is 0.175 e. The van der Waals surface area contributed by atoms with Crippen LogP contribution in [0.1, 0.15) is 54.6 Å². The summed E-state index contributed by atoms with van der Waals surface area (Å²) in [5.74, 6) is 1.52. The number of likely N-dealkylation sites (tertiary alicyclic amines) is 1. The van der Waals surface area contributed by atoms with E-state index >= 15 is 0 Å².